The number of carbonyl (C=O) groups excluding carboxylic acids is 3. The van der Waals surface area contributed by atoms with Crippen molar-refractivity contribution in [2.24, 2.45) is 17.3 Å². The number of ether oxygens (including phenoxy) is 5. The molecule has 2 N–H and O–H groups in total. The number of rotatable bonds is 8. The summed E-state index contributed by atoms with van der Waals surface area (Å²) in [7, 11) is 9.07. The molecule has 306 valence electrons. The molecule has 3 aliphatic heterocycles. The van der Waals surface area contributed by atoms with Crippen LogP contribution < -0.4 is 10.1 Å². The monoisotopic (exact) mass is 761 g/mol. The number of piperazine rings is 1. The molecular weight excluding hydrogens is 694 g/mol. The van der Waals surface area contributed by atoms with Gasteiger partial charge >= 0.3 is 12.0 Å². The van der Waals surface area contributed by atoms with Gasteiger partial charge in [0.25, 0.3) is 0 Å². The number of anilines is 1. The fraction of sp³-hybridized carbons (Fsp3) is 0.775. The molecule has 0 unspecified atom stereocenters. The van der Waals surface area contributed by atoms with Gasteiger partial charge in [0.15, 0.2) is 12.1 Å². The van der Waals surface area contributed by atoms with Gasteiger partial charge in [-0.05, 0) is 86.7 Å². The molecule has 1 aromatic rings. The topological polar surface area (TPSA) is 143 Å². The van der Waals surface area contributed by atoms with Gasteiger partial charge in [-0.2, -0.15) is 0 Å². The lowest BCUT2D eigenvalue weighted by molar-refractivity contribution is -0.295. The van der Waals surface area contributed by atoms with E-state index in [0.29, 0.717) is 63.5 Å². The van der Waals surface area contributed by atoms with Crippen LogP contribution in [0.15, 0.2) is 24.3 Å². The Balaban J connectivity index is 1.54. The Hall–Kier alpha value is -2.85. The van der Waals surface area contributed by atoms with Crippen molar-refractivity contribution in [2.75, 3.05) is 79.9 Å². The van der Waals surface area contributed by atoms with E-state index in [1.165, 1.54) is 0 Å². The third-order valence-electron chi connectivity index (χ3n) is 11.8. The second-order valence-electron chi connectivity index (χ2n) is 16.8. The highest BCUT2D eigenvalue weighted by atomic mass is 16.7. The minimum Gasteiger partial charge on any atom is -0.497 e. The number of nitrogens with zero attached hydrogens (tertiary/aromatic N) is 4. The zero-order valence-corrected chi connectivity index (χ0v) is 34.7. The standard InChI is InChI=1S/C40H67N5O9/c1-25-22-40(7,51-12)35(54-36-33(46)31(42(8)9)20-26(2)52-36)27(3)34(47)39(5,6)37(48)53-28(4)32(43(10)23-25)24-44-16-18-45(19-17-44)38(49)41-29-14-13-15-30(21-29)50-11/h13-15,21,25-28,31-33,35-36,46H,16-20,22-24H2,1-12H3,(H,41,49)/t25-,26-,27+,28+,31+,32+,33-,35-,36+,40-/m1/s1. The number of ketones is 1. The first-order chi connectivity index (χ1) is 25.3. The highest BCUT2D eigenvalue weighted by molar-refractivity contribution is 6.04. The third-order valence-corrected chi connectivity index (χ3v) is 11.8. The highest BCUT2D eigenvalue weighted by Crippen LogP contribution is 2.38. The Labute approximate surface area is 322 Å². The van der Waals surface area contributed by atoms with Gasteiger partial charge in [-0.3, -0.25) is 19.4 Å². The van der Waals surface area contributed by atoms with Gasteiger partial charge in [0.05, 0.1) is 31.0 Å². The number of hydrogen-bond donors (Lipinski definition) is 2. The summed E-state index contributed by atoms with van der Waals surface area (Å²) in [4.78, 5) is 49.8. The molecule has 4 rings (SSSR count). The van der Waals surface area contributed by atoms with E-state index in [-0.39, 0.29) is 35.9 Å². The summed E-state index contributed by atoms with van der Waals surface area (Å²) < 4.78 is 30.6. The van der Waals surface area contributed by atoms with Crippen molar-refractivity contribution in [1.29, 1.82) is 0 Å². The molecule has 0 saturated carbocycles. The van der Waals surface area contributed by atoms with Crippen molar-refractivity contribution in [3.05, 3.63) is 24.3 Å². The quantitative estimate of drug-likeness (QED) is 0.296. The Morgan fingerprint density at radius 3 is 2.33 bits per heavy atom. The molecular formula is C40H67N5O9. The van der Waals surface area contributed by atoms with E-state index >= 15 is 0 Å². The maximum absolute atomic E-state index is 14.4. The van der Waals surface area contributed by atoms with Gasteiger partial charge in [-0.25, -0.2) is 4.79 Å². The molecule has 3 fully saturated rings. The Morgan fingerprint density at radius 2 is 1.72 bits per heavy atom. The van der Waals surface area contributed by atoms with Crippen molar-refractivity contribution in [1.82, 2.24) is 19.6 Å². The van der Waals surface area contributed by atoms with Gasteiger partial charge in [-0.15, -0.1) is 0 Å². The molecule has 0 spiro atoms. The van der Waals surface area contributed by atoms with Crippen molar-refractivity contribution in [3.8, 4) is 5.75 Å². The number of benzene rings is 1. The number of Topliss-reactive ketones (excluding diaryl/α,β-unsaturated/α-hetero) is 1. The van der Waals surface area contributed by atoms with Gasteiger partial charge in [-0.1, -0.05) is 19.9 Å². The highest BCUT2D eigenvalue weighted by Gasteiger charge is 2.52. The molecule has 2 amide bonds. The van der Waals surface area contributed by atoms with E-state index in [1.54, 1.807) is 46.0 Å². The number of esters is 1. The number of cyclic esters (lactones) is 1. The number of hydrogen-bond acceptors (Lipinski definition) is 12. The molecule has 0 bridgehead atoms. The number of aliphatic hydroxyl groups excluding tert-OH is 1. The molecule has 14 heteroatoms. The van der Waals surface area contributed by atoms with E-state index in [0.717, 1.165) is 0 Å². The van der Waals surface area contributed by atoms with Gasteiger partial charge in [0.2, 0.25) is 0 Å². The summed E-state index contributed by atoms with van der Waals surface area (Å²) in [6, 6.07) is 6.71. The Kier molecular flexibility index (Phi) is 14.9. The number of amides is 2. The number of methoxy groups -OCH3 is 2. The minimum atomic E-state index is -1.50. The number of urea groups is 1. The minimum absolute atomic E-state index is 0.0651. The number of aliphatic hydroxyl groups is 1. The average molecular weight is 762 g/mol. The predicted molar refractivity (Wildman–Crippen MR) is 206 cm³/mol. The molecule has 0 radical (unpaired) electrons. The van der Waals surface area contributed by atoms with E-state index in [2.05, 4.69) is 22.0 Å². The lowest BCUT2D eigenvalue weighted by Crippen LogP contribution is -2.59. The molecule has 14 nitrogen and oxygen atoms in total. The summed E-state index contributed by atoms with van der Waals surface area (Å²) in [6.07, 6.45) is -2.38. The maximum Gasteiger partial charge on any atom is 0.321 e. The van der Waals surface area contributed by atoms with Gasteiger partial charge in [0.1, 0.15) is 23.4 Å². The second kappa shape index (κ2) is 18.4. The zero-order valence-electron chi connectivity index (χ0n) is 34.7. The molecule has 0 aliphatic carbocycles. The number of carbonyl (C=O) groups is 3. The number of likely N-dealkylation sites (N-methyl/N-ethyl adjacent to an activating group) is 2. The van der Waals surface area contributed by atoms with Gasteiger partial charge < -0.3 is 43.9 Å². The molecule has 1 aromatic carbocycles. The maximum atomic E-state index is 14.4. The van der Waals surface area contributed by atoms with E-state index in [9.17, 15) is 19.5 Å². The average Bonchev–Trinajstić information content (AvgIpc) is 3.12. The second-order valence-corrected chi connectivity index (χ2v) is 16.8. The summed E-state index contributed by atoms with van der Waals surface area (Å²) >= 11 is 0. The number of nitrogens with one attached hydrogen (secondary N) is 1. The van der Waals surface area contributed by atoms with E-state index < -0.39 is 47.5 Å². The zero-order chi connectivity index (χ0) is 40.1. The first-order valence-corrected chi connectivity index (χ1v) is 19.4. The van der Waals surface area contributed by atoms with Crippen molar-refractivity contribution >= 4 is 23.5 Å². The molecule has 3 heterocycles. The molecule has 3 aliphatic rings. The normalized spacial score (nSPS) is 35.1. The predicted octanol–water partition coefficient (Wildman–Crippen LogP) is 3.56. The van der Waals surface area contributed by atoms with Crippen LogP contribution in [-0.4, -0.2) is 166 Å². The van der Waals surface area contributed by atoms with Crippen LogP contribution in [0.25, 0.3) is 0 Å². The molecule has 10 atom stereocenters. The van der Waals surface area contributed by atoms with Crippen LogP contribution >= 0.6 is 0 Å². The Morgan fingerprint density at radius 1 is 1.06 bits per heavy atom. The van der Waals surface area contributed by atoms with Crippen LogP contribution in [0.3, 0.4) is 0 Å². The summed E-state index contributed by atoms with van der Waals surface area (Å²) in [5.74, 6) is -1.02. The lowest BCUT2D eigenvalue weighted by atomic mass is 9.74. The largest absolute Gasteiger partial charge is 0.497 e. The first-order valence-electron chi connectivity index (χ1n) is 19.4. The Bertz CT molecular complexity index is 1420. The van der Waals surface area contributed by atoms with Crippen LogP contribution in [0.2, 0.25) is 0 Å². The molecule has 0 aromatic heterocycles. The third kappa shape index (κ3) is 10.3. The lowest BCUT2D eigenvalue weighted by Gasteiger charge is -2.47. The van der Waals surface area contributed by atoms with Crippen molar-refractivity contribution in [2.45, 2.75) is 110 Å². The van der Waals surface area contributed by atoms with Crippen LogP contribution in [0.1, 0.15) is 61.3 Å². The van der Waals surface area contributed by atoms with Crippen LogP contribution in [-0.2, 0) is 28.5 Å². The van der Waals surface area contributed by atoms with Crippen LogP contribution in [0.5, 0.6) is 5.75 Å². The fourth-order valence-corrected chi connectivity index (χ4v) is 8.44. The summed E-state index contributed by atoms with van der Waals surface area (Å²) in [5, 5.41) is 14.4. The summed E-state index contributed by atoms with van der Waals surface area (Å²) in [5.41, 5.74) is -1.81. The van der Waals surface area contributed by atoms with Crippen molar-refractivity contribution < 1.29 is 43.2 Å². The fourth-order valence-electron chi connectivity index (χ4n) is 8.44. The van der Waals surface area contributed by atoms with Gasteiger partial charge in [0, 0.05) is 70.1 Å². The van der Waals surface area contributed by atoms with E-state index in [1.807, 2.05) is 65.0 Å². The van der Waals surface area contributed by atoms with E-state index in [4.69, 9.17) is 23.7 Å². The van der Waals surface area contributed by atoms with Crippen LogP contribution in [0.4, 0.5) is 10.5 Å². The van der Waals surface area contributed by atoms with Crippen molar-refractivity contribution in [3.63, 3.8) is 0 Å². The SMILES string of the molecule is COc1cccc(NC(=O)N2CCN(C[C@H]3[C@H](C)OC(=O)C(C)(C)C(=O)[C@H](C)[C@@H](O[C@@H]4O[C@H](C)C[C@H](N(C)C)[C@H]4O)[C@](C)(OC)C[C@@H](C)CN3C)CC2)c1. The molecule has 3 saturated heterocycles. The first kappa shape index (κ1) is 43.9. The van der Waals surface area contributed by atoms with Crippen LogP contribution in [0, 0.1) is 17.3 Å². The smallest absolute Gasteiger partial charge is 0.321 e. The summed E-state index contributed by atoms with van der Waals surface area (Å²) in [6.45, 7) is 16.5. The molecule has 54 heavy (non-hydrogen) atoms.